The van der Waals surface area contributed by atoms with Gasteiger partial charge in [0.2, 0.25) is 11.6 Å². The van der Waals surface area contributed by atoms with E-state index < -0.39 is 54.2 Å². The fourth-order valence-corrected chi connectivity index (χ4v) is 3.27. The minimum atomic E-state index is -5.35. The summed E-state index contributed by atoms with van der Waals surface area (Å²) in [4.78, 5) is 48.9. The zero-order valence-corrected chi connectivity index (χ0v) is 18.9. The molecule has 3 atom stereocenters. The van der Waals surface area contributed by atoms with Crippen molar-refractivity contribution in [2.75, 3.05) is 11.9 Å². The fraction of sp³-hybridized carbons (Fsp3) is 0.478. The highest BCUT2D eigenvalue weighted by Gasteiger charge is 2.43. The lowest BCUT2D eigenvalue weighted by molar-refractivity contribution is -0.204. The minimum absolute atomic E-state index is 0.0903. The molecule has 0 aliphatic carbocycles. The molecule has 1 aliphatic heterocycles. The first-order valence-corrected chi connectivity index (χ1v) is 10.7. The topological polar surface area (TPSA) is 119 Å². The van der Waals surface area contributed by atoms with Crippen LogP contribution in [0.5, 0.6) is 5.75 Å². The quantitative estimate of drug-likeness (QED) is 0.490. The highest BCUT2D eigenvalue weighted by molar-refractivity contribution is 6.39. The predicted octanol–water partition coefficient (Wildman–Crippen LogP) is 3.81. The predicted molar refractivity (Wildman–Crippen MR) is 115 cm³/mol. The second kappa shape index (κ2) is 11.2. The van der Waals surface area contributed by atoms with Crippen LogP contribution in [0.3, 0.4) is 0 Å². The second-order valence-corrected chi connectivity index (χ2v) is 7.93. The van der Waals surface area contributed by atoms with Crippen LogP contribution < -0.4 is 5.32 Å². The van der Waals surface area contributed by atoms with E-state index in [4.69, 9.17) is 4.74 Å². The van der Waals surface area contributed by atoms with Crippen LogP contribution in [-0.4, -0.2) is 53.5 Å². The molecule has 1 aliphatic rings. The van der Waals surface area contributed by atoms with Gasteiger partial charge < -0.3 is 19.9 Å². The number of Topliss-reactive ketones (excluding diaryl/α,β-unsaturated/α-hetero) is 2. The number of phenols is 1. The van der Waals surface area contributed by atoms with Gasteiger partial charge in [-0.1, -0.05) is 19.1 Å². The third-order valence-corrected chi connectivity index (χ3v) is 5.35. The van der Waals surface area contributed by atoms with Crippen molar-refractivity contribution in [3.63, 3.8) is 0 Å². The normalized spacial score (nSPS) is 22.4. The maximum absolute atomic E-state index is 12.8. The van der Waals surface area contributed by atoms with E-state index >= 15 is 0 Å². The Morgan fingerprint density at radius 2 is 1.91 bits per heavy atom. The minimum Gasteiger partial charge on any atom is -0.507 e. The lowest BCUT2D eigenvalue weighted by Gasteiger charge is -2.22. The summed E-state index contributed by atoms with van der Waals surface area (Å²) >= 11 is 0. The van der Waals surface area contributed by atoms with Crippen LogP contribution in [0.15, 0.2) is 18.2 Å². The molecule has 0 spiro atoms. The van der Waals surface area contributed by atoms with Crippen LogP contribution in [0.1, 0.15) is 56.0 Å². The monoisotopic (exact) mass is 485 g/mol. The van der Waals surface area contributed by atoms with E-state index in [1.54, 1.807) is 20.8 Å². The van der Waals surface area contributed by atoms with Gasteiger partial charge >= 0.3 is 18.1 Å². The number of hydrogen-bond acceptors (Lipinski definition) is 8. The van der Waals surface area contributed by atoms with E-state index in [1.807, 2.05) is 0 Å². The number of benzene rings is 1. The summed E-state index contributed by atoms with van der Waals surface area (Å²) in [6.45, 7) is 5.54. The summed E-state index contributed by atoms with van der Waals surface area (Å²) in [5.41, 5.74) is 0.419. The zero-order valence-electron chi connectivity index (χ0n) is 18.9. The van der Waals surface area contributed by atoms with Crippen molar-refractivity contribution in [1.82, 2.24) is 0 Å². The smallest absolute Gasteiger partial charge is 0.490 e. The Morgan fingerprint density at radius 1 is 1.24 bits per heavy atom. The molecule has 0 saturated carbocycles. The fourth-order valence-electron chi connectivity index (χ4n) is 3.27. The van der Waals surface area contributed by atoms with Gasteiger partial charge in [-0.05, 0) is 37.8 Å². The van der Waals surface area contributed by atoms with Crippen molar-refractivity contribution < 1.29 is 46.9 Å². The van der Waals surface area contributed by atoms with E-state index in [2.05, 4.69) is 10.1 Å². The number of anilines is 1. The van der Waals surface area contributed by atoms with Crippen LogP contribution in [0.2, 0.25) is 0 Å². The Bertz CT molecular complexity index is 988. The van der Waals surface area contributed by atoms with Gasteiger partial charge in [-0.3, -0.25) is 9.59 Å². The number of nitrogens with one attached hydrogen (secondary N) is 1. The highest BCUT2D eigenvalue weighted by Crippen LogP contribution is 2.30. The number of carbonyl (C=O) groups excluding carboxylic acids is 4. The van der Waals surface area contributed by atoms with Gasteiger partial charge in [0.25, 0.3) is 0 Å². The van der Waals surface area contributed by atoms with Crippen LogP contribution in [0, 0.1) is 5.92 Å². The van der Waals surface area contributed by atoms with Crippen LogP contribution in [0.4, 0.5) is 18.9 Å². The molecule has 0 radical (unpaired) electrons. The molecular formula is C23H26F3NO7. The van der Waals surface area contributed by atoms with Crippen LogP contribution >= 0.6 is 0 Å². The molecule has 11 heteroatoms. The number of esters is 2. The van der Waals surface area contributed by atoms with Gasteiger partial charge in [-0.25, -0.2) is 9.59 Å². The molecule has 1 heterocycles. The zero-order chi connectivity index (χ0) is 25.6. The third kappa shape index (κ3) is 6.82. The van der Waals surface area contributed by atoms with E-state index in [-0.39, 0.29) is 29.7 Å². The maximum Gasteiger partial charge on any atom is 0.490 e. The number of aromatic hydroxyl groups is 1. The molecule has 2 N–H and O–H groups in total. The number of ketones is 2. The number of hydrogen-bond donors (Lipinski definition) is 2. The number of halogens is 3. The lowest BCUT2D eigenvalue weighted by atomic mass is 9.95. The third-order valence-electron chi connectivity index (χ3n) is 5.35. The number of cyclic esters (lactones) is 1. The lowest BCUT2D eigenvalue weighted by Crippen LogP contribution is -2.37. The largest absolute Gasteiger partial charge is 0.507 e. The summed E-state index contributed by atoms with van der Waals surface area (Å²) in [6, 6.07) is 2.82. The standard InChI is InChI=1S/C23H26F3NO7/c1-4-27-15-10-14-6-5-7-18(34-22(32)23(24,25)26)20(30)16(28)9-8-12(2)13(3)33-21(31)19(14)17(29)11-15/h5-6,10-13,18,27,29H,4,7-9H2,1-3H3/t12-,13+,18+/m1/s1. The number of alkyl halides is 3. The Kier molecular flexibility index (Phi) is 8.83. The molecule has 0 bridgehead atoms. The molecule has 1 aromatic carbocycles. The van der Waals surface area contributed by atoms with Gasteiger partial charge in [0, 0.05) is 31.1 Å². The summed E-state index contributed by atoms with van der Waals surface area (Å²) in [6.07, 6.45) is -6.40. The van der Waals surface area contributed by atoms with E-state index in [0.29, 0.717) is 12.2 Å². The second-order valence-electron chi connectivity index (χ2n) is 7.93. The number of fused-ring (bicyclic) bond motifs is 1. The molecule has 186 valence electrons. The molecule has 2 rings (SSSR count). The highest BCUT2D eigenvalue weighted by atomic mass is 19.4. The van der Waals surface area contributed by atoms with Crippen molar-refractivity contribution in [2.45, 2.75) is 58.4 Å². The molecular weight excluding hydrogens is 459 g/mol. The maximum atomic E-state index is 12.8. The Labute approximate surface area is 194 Å². The van der Waals surface area contributed by atoms with Gasteiger partial charge in [0.1, 0.15) is 17.4 Å². The van der Waals surface area contributed by atoms with Crippen molar-refractivity contribution in [3.05, 3.63) is 29.3 Å². The van der Waals surface area contributed by atoms with Crippen molar-refractivity contribution in [2.24, 2.45) is 5.92 Å². The van der Waals surface area contributed by atoms with Gasteiger partial charge in [0.05, 0.1) is 0 Å². The van der Waals surface area contributed by atoms with Crippen LogP contribution in [-0.2, 0) is 23.9 Å². The summed E-state index contributed by atoms with van der Waals surface area (Å²) in [5, 5.41) is 13.4. The van der Waals surface area contributed by atoms with E-state index in [0.717, 1.165) is 0 Å². The molecule has 1 aromatic rings. The first kappa shape index (κ1) is 26.9. The van der Waals surface area contributed by atoms with E-state index in [9.17, 15) is 37.5 Å². The summed E-state index contributed by atoms with van der Waals surface area (Å²) in [5.74, 6) is -6.47. The molecule has 0 fully saturated rings. The molecule has 34 heavy (non-hydrogen) atoms. The Morgan fingerprint density at radius 3 is 2.53 bits per heavy atom. The molecule has 0 unspecified atom stereocenters. The van der Waals surface area contributed by atoms with Gasteiger partial charge in [-0.15, -0.1) is 0 Å². The summed E-state index contributed by atoms with van der Waals surface area (Å²) in [7, 11) is 0. The van der Waals surface area contributed by atoms with Gasteiger partial charge in [0.15, 0.2) is 6.10 Å². The summed E-state index contributed by atoms with van der Waals surface area (Å²) < 4.78 is 47.8. The Hall–Kier alpha value is -3.37. The number of phenolic OH excluding ortho intramolecular Hbond substituents is 1. The van der Waals surface area contributed by atoms with E-state index in [1.165, 1.54) is 24.3 Å². The average Bonchev–Trinajstić information content (AvgIpc) is 2.74. The first-order chi connectivity index (χ1) is 15.8. The molecule has 0 aromatic heterocycles. The molecule has 0 saturated heterocycles. The van der Waals surface area contributed by atoms with Gasteiger partial charge in [-0.2, -0.15) is 13.2 Å². The number of carbonyl (C=O) groups is 4. The Balaban J connectivity index is 2.52. The average molecular weight is 485 g/mol. The van der Waals surface area contributed by atoms with Crippen molar-refractivity contribution in [1.29, 1.82) is 0 Å². The molecule has 8 nitrogen and oxygen atoms in total. The first-order valence-electron chi connectivity index (χ1n) is 10.7. The van der Waals surface area contributed by atoms with Crippen molar-refractivity contribution >= 4 is 35.3 Å². The molecule has 0 amide bonds. The van der Waals surface area contributed by atoms with Crippen molar-refractivity contribution in [3.8, 4) is 5.75 Å². The number of rotatable bonds is 3. The van der Waals surface area contributed by atoms with Crippen LogP contribution in [0.25, 0.3) is 6.08 Å². The number of ether oxygens (including phenoxy) is 2. The SMILES string of the molecule is CCNc1cc(O)c2c(c1)C=CC[C@H](OC(=O)C(F)(F)F)C(=O)C(=O)CC[C@@H](C)[C@H](C)OC2=O.